The van der Waals surface area contributed by atoms with Crippen LogP contribution in [0.15, 0.2) is 0 Å². The molecule has 0 amide bonds. The fourth-order valence-corrected chi connectivity index (χ4v) is 0.636. The van der Waals surface area contributed by atoms with Crippen LogP contribution >= 0.6 is 0 Å². The normalized spacial score (nSPS) is 25.8. The van der Waals surface area contributed by atoms with Crippen LogP contribution in [0.25, 0.3) is 0 Å². The van der Waals surface area contributed by atoms with Gasteiger partial charge in [0.05, 0.1) is 0 Å². The van der Waals surface area contributed by atoms with E-state index in [1.54, 1.807) is 0 Å². The summed E-state index contributed by atoms with van der Waals surface area (Å²) in [6.45, 7) is 6.96. The van der Waals surface area contributed by atoms with Crippen molar-refractivity contribution in [1.29, 1.82) is 0 Å². The van der Waals surface area contributed by atoms with Crippen LogP contribution in [0.1, 0.15) is 35.1 Å². The molecule has 0 saturated carbocycles. The summed E-state index contributed by atoms with van der Waals surface area (Å²) in [5.74, 6) is -0.959. The molecule has 0 N–H and O–H groups in total. The maximum atomic E-state index is 10.7. The predicted octanol–water partition coefficient (Wildman–Crippen LogP) is 1.53. The van der Waals surface area contributed by atoms with E-state index in [0.717, 1.165) is 0 Å². The molecule has 1 fully saturated rings. The van der Waals surface area contributed by atoms with Gasteiger partial charge in [-0.05, 0) is 13.8 Å². The molecule has 0 aliphatic carbocycles. The van der Waals surface area contributed by atoms with Crippen molar-refractivity contribution in [2.45, 2.75) is 47.3 Å². The third-order valence-corrected chi connectivity index (χ3v) is 1.25. The Labute approximate surface area is 79.2 Å². The standard InChI is InChI=1S/C6H8O4.C2H6.CH4/c1-3-5(7)10-4(2)6(8)9-3;1-2;/h3-4H,1-2H3;1-2H3;1H4. The van der Waals surface area contributed by atoms with E-state index in [1.165, 1.54) is 13.8 Å². The number of carbonyl (C=O) groups is 2. The van der Waals surface area contributed by atoms with Crippen molar-refractivity contribution in [3.05, 3.63) is 0 Å². The zero-order valence-corrected chi connectivity index (χ0v) is 7.79. The average molecular weight is 190 g/mol. The van der Waals surface area contributed by atoms with Crippen molar-refractivity contribution in [1.82, 2.24) is 0 Å². The molecule has 1 aliphatic rings. The van der Waals surface area contributed by atoms with Gasteiger partial charge in [-0.1, -0.05) is 21.3 Å². The zero-order valence-electron chi connectivity index (χ0n) is 7.79. The summed E-state index contributed by atoms with van der Waals surface area (Å²) >= 11 is 0. The second-order valence-corrected chi connectivity index (χ2v) is 2.16. The van der Waals surface area contributed by atoms with Crippen LogP contribution in [0.5, 0.6) is 0 Å². The first kappa shape index (κ1) is 14.5. The number of rotatable bonds is 0. The molecule has 1 heterocycles. The SMILES string of the molecule is C.CC.CC1OC(=O)C(C)OC1=O. The summed E-state index contributed by atoms with van der Waals surface area (Å²) < 4.78 is 9.19. The van der Waals surface area contributed by atoms with Gasteiger partial charge in [0.15, 0.2) is 12.2 Å². The highest BCUT2D eigenvalue weighted by Crippen LogP contribution is 2.08. The van der Waals surface area contributed by atoms with E-state index in [-0.39, 0.29) is 7.43 Å². The van der Waals surface area contributed by atoms with E-state index < -0.39 is 24.1 Å². The van der Waals surface area contributed by atoms with Crippen LogP contribution in [0, 0.1) is 0 Å². The molecule has 0 radical (unpaired) electrons. The lowest BCUT2D eigenvalue weighted by Crippen LogP contribution is -2.40. The first-order valence-corrected chi connectivity index (χ1v) is 4.02. The zero-order chi connectivity index (χ0) is 9.72. The second-order valence-electron chi connectivity index (χ2n) is 2.16. The highest BCUT2D eigenvalue weighted by molar-refractivity contribution is 5.86. The maximum Gasteiger partial charge on any atom is 0.347 e. The lowest BCUT2D eigenvalue weighted by atomic mass is 10.3. The van der Waals surface area contributed by atoms with Crippen molar-refractivity contribution < 1.29 is 19.1 Å². The first-order valence-electron chi connectivity index (χ1n) is 4.02. The molecule has 78 valence electrons. The minimum Gasteiger partial charge on any atom is -0.448 e. The van der Waals surface area contributed by atoms with Gasteiger partial charge in [-0.2, -0.15) is 0 Å². The van der Waals surface area contributed by atoms with E-state index in [1.807, 2.05) is 13.8 Å². The maximum absolute atomic E-state index is 10.7. The number of carbonyl (C=O) groups excluding carboxylic acids is 2. The Morgan fingerprint density at radius 2 is 1.15 bits per heavy atom. The molecule has 0 spiro atoms. The Bertz CT molecular complexity index is 156. The summed E-state index contributed by atoms with van der Waals surface area (Å²) in [7, 11) is 0. The Kier molecular flexibility index (Phi) is 7.18. The monoisotopic (exact) mass is 190 g/mol. The minimum atomic E-state index is -0.747. The summed E-state index contributed by atoms with van der Waals surface area (Å²) in [6.07, 6.45) is -1.49. The van der Waals surface area contributed by atoms with E-state index in [0.29, 0.717) is 0 Å². The highest BCUT2D eigenvalue weighted by atomic mass is 16.6. The molecule has 1 aliphatic heterocycles. The predicted molar refractivity (Wildman–Crippen MR) is 49.2 cm³/mol. The molecule has 0 aromatic carbocycles. The van der Waals surface area contributed by atoms with Crippen LogP contribution in [-0.2, 0) is 19.1 Å². The largest absolute Gasteiger partial charge is 0.448 e. The summed E-state index contributed by atoms with van der Waals surface area (Å²) in [5, 5.41) is 0. The van der Waals surface area contributed by atoms with Gasteiger partial charge in [-0.15, -0.1) is 0 Å². The smallest absolute Gasteiger partial charge is 0.347 e. The molecule has 0 bridgehead atoms. The van der Waals surface area contributed by atoms with Crippen molar-refractivity contribution in [3.8, 4) is 0 Å². The summed E-state index contributed by atoms with van der Waals surface area (Å²) in [5.41, 5.74) is 0. The number of hydrogen-bond donors (Lipinski definition) is 0. The number of cyclic esters (lactones) is 2. The molecular formula is C9H18O4. The molecule has 0 aromatic rings. The van der Waals surface area contributed by atoms with E-state index in [9.17, 15) is 9.59 Å². The fraction of sp³-hybridized carbons (Fsp3) is 0.778. The molecule has 2 atom stereocenters. The van der Waals surface area contributed by atoms with Crippen LogP contribution in [-0.4, -0.2) is 24.1 Å². The molecule has 4 heteroatoms. The van der Waals surface area contributed by atoms with E-state index >= 15 is 0 Å². The molecule has 1 saturated heterocycles. The lowest BCUT2D eigenvalue weighted by molar-refractivity contribution is -0.191. The Balaban J connectivity index is 0. The van der Waals surface area contributed by atoms with Crippen molar-refractivity contribution in [2.24, 2.45) is 0 Å². The third-order valence-electron chi connectivity index (χ3n) is 1.25. The van der Waals surface area contributed by atoms with Gasteiger partial charge >= 0.3 is 11.9 Å². The molecule has 4 nitrogen and oxygen atoms in total. The van der Waals surface area contributed by atoms with Crippen LogP contribution in [0.3, 0.4) is 0 Å². The highest BCUT2D eigenvalue weighted by Gasteiger charge is 2.32. The van der Waals surface area contributed by atoms with Gasteiger partial charge in [-0.3, -0.25) is 0 Å². The van der Waals surface area contributed by atoms with Gasteiger partial charge in [0.1, 0.15) is 0 Å². The quantitative estimate of drug-likeness (QED) is 0.543. The van der Waals surface area contributed by atoms with Gasteiger partial charge in [0.25, 0.3) is 0 Å². The Morgan fingerprint density at radius 1 is 0.923 bits per heavy atom. The minimum absolute atomic E-state index is 0. The first-order chi connectivity index (χ1) is 5.61. The topological polar surface area (TPSA) is 52.6 Å². The number of ether oxygens (including phenoxy) is 2. The van der Waals surface area contributed by atoms with Gasteiger partial charge in [0, 0.05) is 0 Å². The number of hydrogen-bond acceptors (Lipinski definition) is 4. The lowest BCUT2D eigenvalue weighted by Gasteiger charge is -2.22. The molecule has 0 aromatic heterocycles. The fourth-order valence-electron chi connectivity index (χ4n) is 0.636. The molecular weight excluding hydrogens is 172 g/mol. The summed E-state index contributed by atoms with van der Waals surface area (Å²) in [6, 6.07) is 0. The third kappa shape index (κ3) is 3.92. The van der Waals surface area contributed by atoms with Gasteiger partial charge in [-0.25, -0.2) is 9.59 Å². The average Bonchev–Trinajstić information content (AvgIpc) is 2.05. The Hall–Kier alpha value is -1.06. The second kappa shape index (κ2) is 6.46. The summed E-state index contributed by atoms with van der Waals surface area (Å²) in [4.78, 5) is 21.3. The van der Waals surface area contributed by atoms with E-state index in [2.05, 4.69) is 9.47 Å². The van der Waals surface area contributed by atoms with E-state index in [4.69, 9.17) is 0 Å². The van der Waals surface area contributed by atoms with Crippen LogP contribution in [0.2, 0.25) is 0 Å². The van der Waals surface area contributed by atoms with Gasteiger partial charge < -0.3 is 9.47 Å². The van der Waals surface area contributed by atoms with Crippen molar-refractivity contribution in [3.63, 3.8) is 0 Å². The van der Waals surface area contributed by atoms with Crippen molar-refractivity contribution in [2.75, 3.05) is 0 Å². The van der Waals surface area contributed by atoms with Crippen LogP contribution in [0.4, 0.5) is 0 Å². The van der Waals surface area contributed by atoms with Crippen LogP contribution < -0.4 is 0 Å². The molecule has 13 heavy (non-hydrogen) atoms. The number of esters is 2. The Morgan fingerprint density at radius 3 is 1.38 bits per heavy atom. The molecule has 2 unspecified atom stereocenters. The van der Waals surface area contributed by atoms with Gasteiger partial charge in [0.2, 0.25) is 0 Å². The van der Waals surface area contributed by atoms with Crippen molar-refractivity contribution >= 4 is 11.9 Å². The molecule has 1 rings (SSSR count).